The summed E-state index contributed by atoms with van der Waals surface area (Å²) in [6, 6.07) is 0.609. The Morgan fingerprint density at radius 2 is 1.88 bits per heavy atom. The van der Waals surface area contributed by atoms with Crippen LogP contribution in [0.2, 0.25) is 0 Å². The van der Waals surface area contributed by atoms with E-state index in [9.17, 15) is 5.11 Å². The van der Waals surface area contributed by atoms with Gasteiger partial charge in [0.25, 0.3) is 0 Å². The highest BCUT2D eigenvalue weighted by Crippen LogP contribution is 2.35. The van der Waals surface area contributed by atoms with Crippen molar-refractivity contribution >= 4 is 0 Å². The van der Waals surface area contributed by atoms with Gasteiger partial charge in [0.2, 0.25) is 0 Å². The van der Waals surface area contributed by atoms with Crippen molar-refractivity contribution < 1.29 is 5.11 Å². The van der Waals surface area contributed by atoms with E-state index in [0.717, 1.165) is 30.6 Å². The highest BCUT2D eigenvalue weighted by molar-refractivity contribution is 4.88. The van der Waals surface area contributed by atoms with Crippen molar-refractivity contribution in [2.24, 2.45) is 17.8 Å². The lowest BCUT2D eigenvalue weighted by Crippen LogP contribution is -2.46. The second-order valence-electron chi connectivity index (χ2n) is 6.65. The molecule has 0 aromatic heterocycles. The minimum atomic E-state index is -0.0571. The third-order valence-electron chi connectivity index (χ3n) is 4.85. The molecule has 3 atom stereocenters. The fraction of sp³-hybridized carbons (Fsp3) is 1.00. The molecule has 0 bridgehead atoms. The van der Waals surface area contributed by atoms with Crippen molar-refractivity contribution in [2.75, 3.05) is 13.6 Å². The largest absolute Gasteiger partial charge is 0.393 e. The van der Waals surface area contributed by atoms with Gasteiger partial charge in [0, 0.05) is 6.04 Å². The monoisotopic (exact) mass is 239 g/mol. The Hall–Kier alpha value is -0.0800. The molecule has 0 aliphatic heterocycles. The van der Waals surface area contributed by atoms with Gasteiger partial charge in [-0.05, 0) is 57.0 Å². The summed E-state index contributed by atoms with van der Waals surface area (Å²) >= 11 is 0. The van der Waals surface area contributed by atoms with Crippen LogP contribution in [0.1, 0.15) is 52.4 Å². The van der Waals surface area contributed by atoms with Crippen LogP contribution in [0.4, 0.5) is 0 Å². The molecule has 2 nitrogen and oxygen atoms in total. The molecule has 0 saturated heterocycles. The molecular weight excluding hydrogens is 210 g/mol. The Morgan fingerprint density at radius 3 is 2.47 bits per heavy atom. The van der Waals surface area contributed by atoms with E-state index < -0.39 is 0 Å². The molecule has 3 unspecified atom stereocenters. The van der Waals surface area contributed by atoms with E-state index in [2.05, 4.69) is 25.8 Å². The molecular formula is C15H29NO. The molecule has 0 amide bonds. The van der Waals surface area contributed by atoms with E-state index in [-0.39, 0.29) is 6.10 Å². The summed E-state index contributed by atoms with van der Waals surface area (Å²) in [6.07, 6.45) is 7.42. The lowest BCUT2D eigenvalue weighted by Gasteiger charge is -2.42. The van der Waals surface area contributed by atoms with Gasteiger partial charge in [-0.15, -0.1) is 0 Å². The number of nitrogens with zero attached hydrogens (tertiary/aromatic N) is 1. The minimum absolute atomic E-state index is 0.0571. The van der Waals surface area contributed by atoms with Crippen molar-refractivity contribution in [3.8, 4) is 0 Å². The van der Waals surface area contributed by atoms with E-state index >= 15 is 0 Å². The summed E-state index contributed by atoms with van der Waals surface area (Å²) in [7, 11) is 2.26. The quantitative estimate of drug-likeness (QED) is 0.797. The average Bonchev–Trinajstić information content (AvgIpc) is 3.09. The first-order valence-electron chi connectivity index (χ1n) is 7.46. The van der Waals surface area contributed by atoms with Crippen molar-refractivity contribution in [2.45, 2.75) is 64.5 Å². The first-order valence-corrected chi connectivity index (χ1v) is 7.46. The van der Waals surface area contributed by atoms with Crippen LogP contribution in [0.5, 0.6) is 0 Å². The van der Waals surface area contributed by atoms with Crippen LogP contribution in [0.25, 0.3) is 0 Å². The van der Waals surface area contributed by atoms with Crippen LogP contribution in [0.3, 0.4) is 0 Å². The van der Waals surface area contributed by atoms with Gasteiger partial charge in [0.15, 0.2) is 0 Å². The van der Waals surface area contributed by atoms with E-state index in [0.29, 0.717) is 6.04 Å². The molecule has 2 rings (SSSR count). The zero-order valence-corrected chi connectivity index (χ0v) is 11.7. The lowest BCUT2D eigenvalue weighted by atomic mass is 9.76. The van der Waals surface area contributed by atoms with E-state index in [1.54, 1.807) is 0 Å². The van der Waals surface area contributed by atoms with Gasteiger partial charge in [-0.1, -0.05) is 26.7 Å². The Bertz CT molecular complexity index is 237. The summed E-state index contributed by atoms with van der Waals surface area (Å²) < 4.78 is 0. The molecule has 2 aliphatic carbocycles. The summed E-state index contributed by atoms with van der Waals surface area (Å²) in [6.45, 7) is 5.90. The highest BCUT2D eigenvalue weighted by atomic mass is 16.3. The van der Waals surface area contributed by atoms with Crippen LogP contribution in [0, 0.1) is 17.8 Å². The van der Waals surface area contributed by atoms with Crippen LogP contribution >= 0.6 is 0 Å². The maximum Gasteiger partial charge on any atom is 0.0555 e. The Kier molecular flexibility index (Phi) is 4.48. The first-order chi connectivity index (χ1) is 8.08. The van der Waals surface area contributed by atoms with E-state index in [1.807, 2.05) is 0 Å². The average molecular weight is 239 g/mol. The van der Waals surface area contributed by atoms with Crippen LogP contribution in [-0.2, 0) is 0 Å². The van der Waals surface area contributed by atoms with Crippen LogP contribution in [-0.4, -0.2) is 35.7 Å². The van der Waals surface area contributed by atoms with Crippen molar-refractivity contribution in [1.82, 2.24) is 4.90 Å². The zero-order chi connectivity index (χ0) is 12.4. The van der Waals surface area contributed by atoms with Gasteiger partial charge in [-0.3, -0.25) is 0 Å². The second-order valence-corrected chi connectivity index (χ2v) is 6.65. The smallest absolute Gasteiger partial charge is 0.0555 e. The molecule has 0 heterocycles. The van der Waals surface area contributed by atoms with Crippen LogP contribution < -0.4 is 0 Å². The maximum absolute atomic E-state index is 9.89. The minimum Gasteiger partial charge on any atom is -0.393 e. The number of hydrogen-bond donors (Lipinski definition) is 1. The molecule has 0 radical (unpaired) electrons. The van der Waals surface area contributed by atoms with Crippen molar-refractivity contribution in [3.05, 3.63) is 0 Å². The van der Waals surface area contributed by atoms with Gasteiger partial charge in [-0.2, -0.15) is 0 Å². The number of rotatable bonds is 5. The van der Waals surface area contributed by atoms with Gasteiger partial charge in [0.1, 0.15) is 0 Å². The third-order valence-corrected chi connectivity index (χ3v) is 4.85. The van der Waals surface area contributed by atoms with E-state index in [1.165, 1.54) is 32.2 Å². The molecule has 0 aromatic rings. The number of aliphatic hydroxyl groups is 1. The molecule has 100 valence electrons. The van der Waals surface area contributed by atoms with Gasteiger partial charge in [-0.25, -0.2) is 0 Å². The van der Waals surface area contributed by atoms with Gasteiger partial charge < -0.3 is 10.0 Å². The number of aliphatic hydroxyl groups excluding tert-OH is 1. The van der Waals surface area contributed by atoms with Crippen molar-refractivity contribution in [3.63, 3.8) is 0 Å². The molecule has 2 aliphatic rings. The first kappa shape index (κ1) is 13.4. The standard InChI is InChI=1S/C15H29NO/c1-11(2)14-7-6-13(17)10-15(14)16(3)9-8-12-4-5-12/h11-15,17H,4-10H2,1-3H3. The molecule has 1 N–H and O–H groups in total. The van der Waals surface area contributed by atoms with Crippen LogP contribution in [0.15, 0.2) is 0 Å². The zero-order valence-electron chi connectivity index (χ0n) is 11.7. The molecule has 2 fully saturated rings. The van der Waals surface area contributed by atoms with Gasteiger partial charge >= 0.3 is 0 Å². The topological polar surface area (TPSA) is 23.5 Å². The lowest BCUT2D eigenvalue weighted by molar-refractivity contribution is 0.0214. The molecule has 0 spiro atoms. The molecule has 0 aromatic carbocycles. The highest BCUT2D eigenvalue weighted by Gasteiger charge is 2.34. The molecule has 2 saturated carbocycles. The summed E-state index contributed by atoms with van der Waals surface area (Å²) in [5, 5.41) is 9.89. The van der Waals surface area contributed by atoms with Crippen molar-refractivity contribution in [1.29, 1.82) is 0 Å². The predicted molar refractivity (Wildman–Crippen MR) is 71.9 cm³/mol. The third kappa shape index (κ3) is 3.69. The maximum atomic E-state index is 9.89. The SMILES string of the molecule is CC(C)C1CCC(O)CC1N(C)CCC1CC1. The van der Waals surface area contributed by atoms with Gasteiger partial charge in [0.05, 0.1) is 6.10 Å². The summed E-state index contributed by atoms with van der Waals surface area (Å²) in [4.78, 5) is 2.53. The predicted octanol–water partition coefficient (Wildman–Crippen LogP) is 2.90. The summed E-state index contributed by atoms with van der Waals surface area (Å²) in [5.74, 6) is 2.54. The Labute approximate surface area is 106 Å². The molecule has 17 heavy (non-hydrogen) atoms. The second kappa shape index (κ2) is 5.71. The number of hydrogen-bond acceptors (Lipinski definition) is 2. The fourth-order valence-electron chi connectivity index (χ4n) is 3.39. The summed E-state index contributed by atoms with van der Waals surface area (Å²) in [5.41, 5.74) is 0. The molecule has 2 heteroatoms. The fourth-order valence-corrected chi connectivity index (χ4v) is 3.39. The normalized spacial score (nSPS) is 34.6. The van der Waals surface area contributed by atoms with E-state index in [4.69, 9.17) is 0 Å². The Morgan fingerprint density at radius 1 is 1.18 bits per heavy atom. The Balaban J connectivity index is 1.87.